The Labute approximate surface area is 137 Å². The normalized spacial score (nSPS) is 11.9. The molecule has 1 aromatic carbocycles. The lowest BCUT2D eigenvalue weighted by molar-refractivity contribution is 0.0951. The summed E-state index contributed by atoms with van der Waals surface area (Å²) in [5.74, 6) is 0.412. The van der Waals surface area contributed by atoms with Crippen LogP contribution >= 0.6 is 12.4 Å². The highest BCUT2D eigenvalue weighted by Crippen LogP contribution is 2.17. The van der Waals surface area contributed by atoms with Crippen LogP contribution in [0.2, 0.25) is 0 Å². The van der Waals surface area contributed by atoms with Crippen molar-refractivity contribution in [1.82, 2.24) is 10.3 Å². The Balaban J connectivity index is 0.00000242. The third kappa shape index (κ3) is 4.36. The number of aromatic amines is 1. The number of hydrogen-bond acceptors (Lipinski definition) is 2. The first-order valence-electron chi connectivity index (χ1n) is 7.26. The largest absolute Gasteiger partial charge is 0.365 e. The maximum atomic E-state index is 12.0. The summed E-state index contributed by atoms with van der Waals surface area (Å²) in [4.78, 5) is 15.0. The number of aryl methyl sites for hydroxylation is 1. The summed E-state index contributed by atoms with van der Waals surface area (Å²) in [6, 6.07) is 9.83. The molecule has 0 radical (unpaired) electrons. The standard InChI is InChI=1S/C17H23N3O.ClH/c1-11(2)13-4-6-14(7-5-13)16(18)10-20-17(21)15-8-9-19-12(15)3;/h4-9,11,16,19H,10,18H2,1-3H3,(H,20,21);1H. The second-order valence-corrected chi connectivity index (χ2v) is 5.65. The van der Waals surface area contributed by atoms with Crippen molar-refractivity contribution in [3.63, 3.8) is 0 Å². The van der Waals surface area contributed by atoms with Gasteiger partial charge in [0, 0.05) is 24.5 Å². The molecule has 0 aliphatic carbocycles. The molecule has 4 nitrogen and oxygen atoms in total. The zero-order valence-corrected chi connectivity index (χ0v) is 14.0. The molecule has 2 aromatic rings. The van der Waals surface area contributed by atoms with E-state index in [1.54, 1.807) is 12.3 Å². The van der Waals surface area contributed by atoms with Crippen molar-refractivity contribution in [3.05, 3.63) is 58.9 Å². The summed E-state index contributed by atoms with van der Waals surface area (Å²) < 4.78 is 0. The summed E-state index contributed by atoms with van der Waals surface area (Å²) in [6.45, 7) is 6.62. The quantitative estimate of drug-likeness (QED) is 0.790. The molecule has 0 bridgehead atoms. The lowest BCUT2D eigenvalue weighted by Crippen LogP contribution is -2.32. The highest BCUT2D eigenvalue weighted by Gasteiger charge is 2.12. The van der Waals surface area contributed by atoms with E-state index >= 15 is 0 Å². The molecule has 1 aromatic heterocycles. The van der Waals surface area contributed by atoms with E-state index in [-0.39, 0.29) is 24.4 Å². The number of nitrogens with two attached hydrogens (primary N) is 1. The van der Waals surface area contributed by atoms with Crippen molar-refractivity contribution in [2.45, 2.75) is 32.7 Å². The van der Waals surface area contributed by atoms with Gasteiger partial charge < -0.3 is 16.0 Å². The molecule has 0 fully saturated rings. The fourth-order valence-corrected chi connectivity index (χ4v) is 2.24. The Hall–Kier alpha value is -1.78. The van der Waals surface area contributed by atoms with E-state index in [4.69, 9.17) is 5.73 Å². The van der Waals surface area contributed by atoms with E-state index in [0.717, 1.165) is 11.3 Å². The number of carbonyl (C=O) groups is 1. The smallest absolute Gasteiger partial charge is 0.253 e. The van der Waals surface area contributed by atoms with Gasteiger partial charge in [-0.1, -0.05) is 38.1 Å². The molecule has 22 heavy (non-hydrogen) atoms. The number of halogens is 1. The fraction of sp³-hybridized carbons (Fsp3) is 0.353. The fourth-order valence-electron chi connectivity index (χ4n) is 2.24. The van der Waals surface area contributed by atoms with Gasteiger partial charge in [0.25, 0.3) is 5.91 Å². The van der Waals surface area contributed by atoms with E-state index in [2.05, 4.69) is 36.3 Å². The summed E-state index contributed by atoms with van der Waals surface area (Å²) >= 11 is 0. The summed E-state index contributed by atoms with van der Waals surface area (Å²) in [6.07, 6.45) is 1.76. The molecule has 1 heterocycles. The third-order valence-electron chi connectivity index (χ3n) is 3.71. The first-order valence-corrected chi connectivity index (χ1v) is 7.26. The van der Waals surface area contributed by atoms with Gasteiger partial charge in [-0.15, -0.1) is 12.4 Å². The molecular formula is C17H24ClN3O. The van der Waals surface area contributed by atoms with Crippen LogP contribution in [0.3, 0.4) is 0 Å². The van der Waals surface area contributed by atoms with Crippen LogP contribution in [0.25, 0.3) is 0 Å². The number of benzene rings is 1. The molecule has 0 aliphatic rings. The van der Waals surface area contributed by atoms with Crippen molar-refractivity contribution < 1.29 is 4.79 Å². The SMILES string of the molecule is Cc1[nH]ccc1C(=O)NCC(N)c1ccc(C(C)C)cc1.Cl. The molecule has 0 saturated carbocycles. The number of amides is 1. The average Bonchev–Trinajstić information content (AvgIpc) is 2.90. The molecule has 0 aliphatic heterocycles. The van der Waals surface area contributed by atoms with Crippen molar-refractivity contribution in [2.24, 2.45) is 5.73 Å². The van der Waals surface area contributed by atoms with Crippen LogP contribution in [-0.4, -0.2) is 17.4 Å². The van der Waals surface area contributed by atoms with Crippen LogP contribution in [0.4, 0.5) is 0 Å². The maximum Gasteiger partial charge on any atom is 0.253 e. The monoisotopic (exact) mass is 321 g/mol. The topological polar surface area (TPSA) is 70.9 Å². The lowest BCUT2D eigenvalue weighted by Gasteiger charge is -2.14. The van der Waals surface area contributed by atoms with E-state index in [9.17, 15) is 4.79 Å². The van der Waals surface area contributed by atoms with Gasteiger partial charge in [0.05, 0.1) is 5.56 Å². The van der Waals surface area contributed by atoms with Crippen LogP contribution in [0.1, 0.15) is 53.0 Å². The van der Waals surface area contributed by atoms with Gasteiger partial charge in [-0.3, -0.25) is 4.79 Å². The molecule has 0 saturated heterocycles. The molecular weight excluding hydrogens is 298 g/mol. The van der Waals surface area contributed by atoms with Crippen LogP contribution in [0.5, 0.6) is 0 Å². The minimum Gasteiger partial charge on any atom is -0.365 e. The number of aromatic nitrogens is 1. The van der Waals surface area contributed by atoms with Gasteiger partial charge >= 0.3 is 0 Å². The first-order chi connectivity index (χ1) is 9.99. The van der Waals surface area contributed by atoms with Crippen molar-refractivity contribution in [2.75, 3.05) is 6.54 Å². The molecule has 5 heteroatoms. The lowest BCUT2D eigenvalue weighted by atomic mass is 9.99. The molecule has 1 unspecified atom stereocenters. The van der Waals surface area contributed by atoms with Gasteiger partial charge in [-0.25, -0.2) is 0 Å². The Kier molecular flexibility index (Phi) is 6.65. The molecule has 0 spiro atoms. The molecule has 1 atom stereocenters. The Bertz CT molecular complexity index is 605. The van der Waals surface area contributed by atoms with Crippen LogP contribution in [0.15, 0.2) is 36.5 Å². The van der Waals surface area contributed by atoms with E-state index in [1.807, 2.05) is 19.1 Å². The predicted octanol–water partition coefficient (Wildman–Crippen LogP) is 3.30. The van der Waals surface area contributed by atoms with E-state index < -0.39 is 0 Å². The van der Waals surface area contributed by atoms with Gasteiger partial charge in [0.2, 0.25) is 0 Å². The number of nitrogens with one attached hydrogen (secondary N) is 2. The Morgan fingerprint density at radius 1 is 1.18 bits per heavy atom. The highest BCUT2D eigenvalue weighted by molar-refractivity contribution is 5.95. The Morgan fingerprint density at radius 2 is 1.77 bits per heavy atom. The minimum absolute atomic E-state index is 0. The highest BCUT2D eigenvalue weighted by atomic mass is 35.5. The van der Waals surface area contributed by atoms with Crippen LogP contribution in [-0.2, 0) is 0 Å². The third-order valence-corrected chi connectivity index (χ3v) is 3.71. The van der Waals surface area contributed by atoms with E-state index in [1.165, 1.54) is 5.56 Å². The average molecular weight is 322 g/mol. The Morgan fingerprint density at radius 3 is 2.27 bits per heavy atom. The van der Waals surface area contributed by atoms with Gasteiger partial charge in [-0.05, 0) is 30.0 Å². The minimum atomic E-state index is -0.200. The molecule has 1 amide bonds. The number of H-pyrrole nitrogens is 1. The second-order valence-electron chi connectivity index (χ2n) is 5.65. The van der Waals surface area contributed by atoms with E-state index in [0.29, 0.717) is 18.0 Å². The van der Waals surface area contributed by atoms with Crippen molar-refractivity contribution in [1.29, 1.82) is 0 Å². The summed E-state index contributed by atoms with van der Waals surface area (Å²) in [5, 5.41) is 2.88. The first kappa shape index (κ1) is 18.3. The molecule has 120 valence electrons. The van der Waals surface area contributed by atoms with Crippen molar-refractivity contribution >= 4 is 18.3 Å². The molecule has 2 rings (SSSR count). The number of rotatable bonds is 5. The van der Waals surface area contributed by atoms with Crippen LogP contribution < -0.4 is 11.1 Å². The predicted molar refractivity (Wildman–Crippen MR) is 92.6 cm³/mol. The number of carbonyl (C=O) groups excluding carboxylic acids is 1. The summed E-state index contributed by atoms with van der Waals surface area (Å²) in [5.41, 5.74) is 9.99. The van der Waals surface area contributed by atoms with Gasteiger partial charge in [0.1, 0.15) is 0 Å². The maximum absolute atomic E-state index is 12.0. The molecule has 4 N–H and O–H groups in total. The van der Waals surface area contributed by atoms with Crippen LogP contribution in [0, 0.1) is 6.92 Å². The second kappa shape index (κ2) is 8.01. The summed E-state index contributed by atoms with van der Waals surface area (Å²) in [7, 11) is 0. The zero-order valence-electron chi connectivity index (χ0n) is 13.2. The number of hydrogen-bond donors (Lipinski definition) is 3. The van der Waals surface area contributed by atoms with Gasteiger partial charge in [0.15, 0.2) is 0 Å². The zero-order chi connectivity index (χ0) is 15.4. The van der Waals surface area contributed by atoms with Crippen molar-refractivity contribution in [3.8, 4) is 0 Å². The van der Waals surface area contributed by atoms with Gasteiger partial charge in [-0.2, -0.15) is 0 Å².